The number of nitrogens with one attached hydrogen (secondary N) is 1. The third kappa shape index (κ3) is 2.12. The molecule has 3 aromatic rings. The smallest absolute Gasteiger partial charge is 0.290 e. The van der Waals surface area contributed by atoms with Gasteiger partial charge in [-0.1, -0.05) is 30.0 Å². The lowest BCUT2D eigenvalue weighted by molar-refractivity contribution is 0.907. The molecule has 2 heterocycles. The van der Waals surface area contributed by atoms with Gasteiger partial charge in [0.05, 0.1) is 0 Å². The Labute approximate surface area is 123 Å². The number of H-pyrrole nitrogens is 1. The fourth-order valence-electron chi connectivity index (χ4n) is 2.03. The molecule has 3 rings (SSSR count). The van der Waals surface area contributed by atoms with Gasteiger partial charge in [0.1, 0.15) is 16.2 Å². The van der Waals surface area contributed by atoms with Crippen LogP contribution in [-0.2, 0) is 0 Å². The maximum absolute atomic E-state index is 11.7. The molecule has 0 bridgehead atoms. The number of benzene rings is 1. The van der Waals surface area contributed by atoms with Crippen molar-refractivity contribution in [2.45, 2.75) is 10.2 Å². The van der Waals surface area contributed by atoms with E-state index in [1.165, 1.54) is 23.5 Å². The van der Waals surface area contributed by atoms with Crippen LogP contribution in [0.25, 0.3) is 16.9 Å². The van der Waals surface area contributed by atoms with Gasteiger partial charge < -0.3 is 0 Å². The van der Waals surface area contributed by atoms with Crippen molar-refractivity contribution in [3.05, 3.63) is 40.8 Å². The first-order chi connectivity index (χ1) is 9.74. The predicted octanol–water partition coefficient (Wildman–Crippen LogP) is 2.55. The molecule has 0 atom stereocenters. The molecular formula is C13H12N4OS2. The van der Waals surface area contributed by atoms with E-state index in [1.807, 2.05) is 47.4 Å². The van der Waals surface area contributed by atoms with Crippen LogP contribution in [0.2, 0.25) is 0 Å². The molecule has 0 fully saturated rings. The van der Waals surface area contributed by atoms with Gasteiger partial charge >= 0.3 is 5.69 Å². The van der Waals surface area contributed by atoms with Crippen molar-refractivity contribution in [2.24, 2.45) is 0 Å². The van der Waals surface area contributed by atoms with E-state index in [9.17, 15) is 4.79 Å². The van der Waals surface area contributed by atoms with E-state index in [0.29, 0.717) is 10.7 Å². The number of thioether (sulfide) groups is 2. The standard InChI is InChI=1S/C13H12N4OS2/c1-19-11-9-10(15-12(18)16-11)17(13(14-9)20-2)8-6-4-3-5-7-8/h3-7H,1-2H3,(H,15,16,18). The van der Waals surface area contributed by atoms with Gasteiger partial charge in [-0.05, 0) is 24.6 Å². The van der Waals surface area contributed by atoms with Crippen LogP contribution >= 0.6 is 23.5 Å². The average Bonchev–Trinajstić information content (AvgIpc) is 2.85. The molecule has 0 aliphatic heterocycles. The molecule has 7 heteroatoms. The second-order valence-corrected chi connectivity index (χ2v) is 5.59. The van der Waals surface area contributed by atoms with Gasteiger partial charge in [0.2, 0.25) is 0 Å². The van der Waals surface area contributed by atoms with Gasteiger partial charge in [0.25, 0.3) is 0 Å². The highest BCUT2D eigenvalue weighted by atomic mass is 32.2. The topological polar surface area (TPSA) is 63.6 Å². The van der Waals surface area contributed by atoms with Gasteiger partial charge in [0.15, 0.2) is 5.16 Å². The Bertz CT molecular complexity index is 810. The highest BCUT2D eigenvalue weighted by Gasteiger charge is 2.16. The van der Waals surface area contributed by atoms with Crippen molar-refractivity contribution < 1.29 is 0 Å². The molecular weight excluding hydrogens is 292 g/mol. The van der Waals surface area contributed by atoms with Crippen LogP contribution in [0.15, 0.2) is 45.3 Å². The van der Waals surface area contributed by atoms with Gasteiger partial charge in [-0.15, -0.1) is 11.8 Å². The molecule has 1 aromatic carbocycles. The maximum atomic E-state index is 11.7. The lowest BCUT2D eigenvalue weighted by Crippen LogP contribution is -2.12. The van der Waals surface area contributed by atoms with Gasteiger partial charge in [-0.25, -0.2) is 9.78 Å². The van der Waals surface area contributed by atoms with Crippen molar-refractivity contribution in [3.8, 4) is 5.69 Å². The van der Waals surface area contributed by atoms with Crippen LogP contribution in [0.5, 0.6) is 0 Å². The molecule has 1 N–H and O–H groups in total. The Kier molecular flexibility index (Phi) is 3.54. The highest BCUT2D eigenvalue weighted by Crippen LogP contribution is 2.28. The number of para-hydroxylation sites is 1. The summed E-state index contributed by atoms with van der Waals surface area (Å²) in [5, 5.41) is 1.47. The largest absolute Gasteiger partial charge is 0.347 e. The minimum absolute atomic E-state index is 0.355. The number of aromatic amines is 1. The Balaban J connectivity index is 2.41. The van der Waals surface area contributed by atoms with E-state index in [-0.39, 0.29) is 5.69 Å². The minimum atomic E-state index is -0.355. The second-order valence-electron chi connectivity index (χ2n) is 4.02. The molecule has 102 valence electrons. The third-order valence-corrected chi connectivity index (χ3v) is 4.18. The molecule has 5 nitrogen and oxygen atoms in total. The molecule has 0 radical (unpaired) electrons. The first kappa shape index (κ1) is 13.3. The summed E-state index contributed by atoms with van der Waals surface area (Å²) < 4.78 is 1.95. The average molecular weight is 304 g/mol. The van der Waals surface area contributed by atoms with Crippen molar-refractivity contribution >= 4 is 34.7 Å². The number of rotatable bonds is 3. The van der Waals surface area contributed by atoms with E-state index >= 15 is 0 Å². The summed E-state index contributed by atoms with van der Waals surface area (Å²) in [5.74, 6) is 0. The SMILES string of the molecule is CSc1nc(=O)[nH]c2c1nc(SC)n2-c1ccccc1. The summed E-state index contributed by atoms with van der Waals surface area (Å²) in [4.78, 5) is 23.1. The predicted molar refractivity (Wildman–Crippen MR) is 83.0 cm³/mol. The van der Waals surface area contributed by atoms with Crippen molar-refractivity contribution in [2.75, 3.05) is 12.5 Å². The quantitative estimate of drug-likeness (QED) is 0.595. The number of fused-ring (bicyclic) bond motifs is 1. The molecule has 0 spiro atoms. The van der Waals surface area contributed by atoms with Gasteiger partial charge in [-0.3, -0.25) is 9.55 Å². The lowest BCUT2D eigenvalue weighted by Gasteiger charge is -2.06. The summed E-state index contributed by atoms with van der Waals surface area (Å²) in [7, 11) is 0. The lowest BCUT2D eigenvalue weighted by atomic mass is 10.3. The van der Waals surface area contributed by atoms with E-state index < -0.39 is 0 Å². The molecule has 0 aliphatic rings. The van der Waals surface area contributed by atoms with Crippen molar-refractivity contribution in [3.63, 3.8) is 0 Å². The Morgan fingerprint density at radius 1 is 1.10 bits per heavy atom. The van der Waals surface area contributed by atoms with Crippen LogP contribution in [0.1, 0.15) is 0 Å². The van der Waals surface area contributed by atoms with Crippen LogP contribution in [-0.4, -0.2) is 32.0 Å². The number of imidazole rings is 1. The zero-order valence-electron chi connectivity index (χ0n) is 11.0. The number of aromatic nitrogens is 4. The normalized spacial score (nSPS) is 11.1. The highest BCUT2D eigenvalue weighted by molar-refractivity contribution is 7.99. The van der Waals surface area contributed by atoms with E-state index in [0.717, 1.165) is 16.4 Å². The second kappa shape index (κ2) is 5.34. The van der Waals surface area contributed by atoms with E-state index in [4.69, 9.17) is 0 Å². The fraction of sp³-hybridized carbons (Fsp3) is 0.154. The van der Waals surface area contributed by atoms with Crippen molar-refractivity contribution in [1.29, 1.82) is 0 Å². The van der Waals surface area contributed by atoms with Crippen molar-refractivity contribution in [1.82, 2.24) is 19.5 Å². The molecule has 20 heavy (non-hydrogen) atoms. The summed E-state index contributed by atoms with van der Waals surface area (Å²) >= 11 is 2.96. The van der Waals surface area contributed by atoms with Gasteiger partial charge in [0, 0.05) is 5.69 Å². The Morgan fingerprint density at radius 2 is 1.85 bits per heavy atom. The summed E-state index contributed by atoms with van der Waals surface area (Å²) in [6, 6.07) is 9.84. The summed E-state index contributed by atoms with van der Waals surface area (Å²) in [6.07, 6.45) is 3.85. The number of hydrogen-bond acceptors (Lipinski definition) is 5. The van der Waals surface area contributed by atoms with Crippen LogP contribution < -0.4 is 5.69 Å². The van der Waals surface area contributed by atoms with E-state index in [2.05, 4.69) is 15.0 Å². The molecule has 0 saturated heterocycles. The maximum Gasteiger partial charge on any atom is 0.347 e. The van der Waals surface area contributed by atoms with Crippen LogP contribution in [0.4, 0.5) is 0 Å². The van der Waals surface area contributed by atoms with Gasteiger partial charge in [-0.2, -0.15) is 4.98 Å². The molecule has 0 aliphatic carbocycles. The summed E-state index contributed by atoms with van der Waals surface area (Å²) in [6.45, 7) is 0. The molecule has 0 unspecified atom stereocenters. The first-order valence-corrected chi connectivity index (χ1v) is 8.35. The minimum Gasteiger partial charge on any atom is -0.290 e. The molecule has 0 saturated carbocycles. The molecule has 0 amide bonds. The van der Waals surface area contributed by atoms with Crippen LogP contribution in [0.3, 0.4) is 0 Å². The third-order valence-electron chi connectivity index (χ3n) is 2.87. The summed E-state index contributed by atoms with van der Waals surface area (Å²) in [5.41, 5.74) is 2.02. The Hall–Kier alpha value is -1.73. The Morgan fingerprint density at radius 3 is 2.50 bits per heavy atom. The fourth-order valence-corrected chi connectivity index (χ4v) is 3.11. The monoisotopic (exact) mass is 304 g/mol. The zero-order valence-corrected chi connectivity index (χ0v) is 12.6. The number of hydrogen-bond donors (Lipinski definition) is 1. The zero-order chi connectivity index (χ0) is 14.1. The first-order valence-electron chi connectivity index (χ1n) is 5.90. The van der Waals surface area contributed by atoms with Crippen LogP contribution in [0, 0.1) is 0 Å². The van der Waals surface area contributed by atoms with E-state index in [1.54, 1.807) is 0 Å². The number of nitrogens with zero attached hydrogens (tertiary/aromatic N) is 3. The molecule has 2 aromatic heterocycles.